The van der Waals surface area contributed by atoms with Gasteiger partial charge in [0.15, 0.2) is 0 Å². The molecule has 0 radical (unpaired) electrons. The minimum Gasteiger partial charge on any atom is -0.491 e. The third kappa shape index (κ3) is 5.93. The summed E-state index contributed by atoms with van der Waals surface area (Å²) < 4.78 is 51.0. The third-order valence-corrected chi connectivity index (χ3v) is 9.59. The van der Waals surface area contributed by atoms with Crippen molar-refractivity contribution in [1.29, 1.82) is 5.26 Å². The number of benzene rings is 2. The SMILES string of the molecule is Cc1cc(-c2cc(Cl)ccc2OCCn2c(C)nc3cc(C(F)(F)F)c(N4CCNCC4)c(C#N)c3c2=O)c2sc(C)c(C(=O)O)c2n1. The van der Waals surface area contributed by atoms with Gasteiger partial charge in [0, 0.05) is 52.9 Å². The second kappa shape index (κ2) is 12.7. The number of piperazine rings is 1. The van der Waals surface area contributed by atoms with E-state index in [4.69, 9.17) is 16.3 Å². The van der Waals surface area contributed by atoms with E-state index in [-0.39, 0.29) is 59.8 Å². The molecule has 0 atom stereocenters. The summed E-state index contributed by atoms with van der Waals surface area (Å²) in [6, 6.07) is 9.55. The second-order valence-corrected chi connectivity index (χ2v) is 13.0. The number of halogens is 4. The Morgan fingerprint density at radius 1 is 1.15 bits per heavy atom. The van der Waals surface area contributed by atoms with Crippen molar-refractivity contribution in [3.63, 3.8) is 0 Å². The van der Waals surface area contributed by atoms with Crippen molar-refractivity contribution in [3.05, 3.63) is 78.8 Å². The molecule has 1 aliphatic heterocycles. The molecule has 2 aromatic carbocycles. The van der Waals surface area contributed by atoms with Gasteiger partial charge in [-0.25, -0.2) is 9.78 Å². The van der Waals surface area contributed by atoms with E-state index in [0.29, 0.717) is 55.8 Å². The number of anilines is 1. The van der Waals surface area contributed by atoms with Crippen LogP contribution in [0.5, 0.6) is 5.75 Å². The molecule has 0 aliphatic carbocycles. The average Bonchev–Trinajstić information content (AvgIpc) is 3.37. The Morgan fingerprint density at radius 2 is 1.88 bits per heavy atom. The molecule has 15 heteroatoms. The number of aromatic nitrogens is 3. The number of fused-ring (bicyclic) bond motifs is 2. The number of nitriles is 1. The lowest BCUT2D eigenvalue weighted by Crippen LogP contribution is -2.44. The molecule has 10 nitrogen and oxygen atoms in total. The lowest BCUT2D eigenvalue weighted by molar-refractivity contribution is -0.137. The maximum atomic E-state index is 14.3. The topological polar surface area (TPSA) is 133 Å². The Balaban J connectivity index is 1.39. The standard InChI is InChI=1S/C33H28ClF3N6O4S/c1-16-12-21(30-28(40-16)26(32(45)46)17(2)48-30)20-13-19(34)4-5-25(20)47-11-10-43-18(3)41-24-14-23(33(35,36)37)29(42-8-6-39-7-9-42)22(15-38)27(24)31(43)44/h4-5,12-14,39H,6-11H2,1-3H3,(H,45,46). The number of aromatic carboxylic acids is 1. The van der Waals surface area contributed by atoms with Gasteiger partial charge in [-0.2, -0.15) is 18.4 Å². The summed E-state index contributed by atoms with van der Waals surface area (Å²) in [5.74, 6) is -0.521. The molecule has 0 bridgehead atoms. The maximum absolute atomic E-state index is 14.3. The van der Waals surface area contributed by atoms with Gasteiger partial charge in [-0.3, -0.25) is 14.3 Å². The van der Waals surface area contributed by atoms with Gasteiger partial charge in [0.2, 0.25) is 0 Å². The van der Waals surface area contributed by atoms with E-state index in [1.807, 2.05) is 12.1 Å². The van der Waals surface area contributed by atoms with Crippen LogP contribution in [-0.2, 0) is 12.7 Å². The van der Waals surface area contributed by atoms with E-state index in [1.165, 1.54) is 27.7 Å². The number of hydrogen-bond donors (Lipinski definition) is 2. The number of hydrogen-bond acceptors (Lipinski definition) is 9. The zero-order valence-electron chi connectivity index (χ0n) is 26.0. The van der Waals surface area contributed by atoms with Crippen LogP contribution < -0.4 is 20.5 Å². The third-order valence-electron chi connectivity index (χ3n) is 8.22. The maximum Gasteiger partial charge on any atom is 0.418 e. The van der Waals surface area contributed by atoms with E-state index in [1.54, 1.807) is 32.0 Å². The number of carboxylic acids is 1. The van der Waals surface area contributed by atoms with Crippen molar-refractivity contribution < 1.29 is 27.8 Å². The van der Waals surface area contributed by atoms with Crippen LogP contribution in [0.2, 0.25) is 5.02 Å². The molecule has 48 heavy (non-hydrogen) atoms. The van der Waals surface area contributed by atoms with Crippen LogP contribution in [0.15, 0.2) is 35.1 Å². The smallest absolute Gasteiger partial charge is 0.418 e. The van der Waals surface area contributed by atoms with Crippen LogP contribution in [0, 0.1) is 32.1 Å². The highest BCUT2D eigenvalue weighted by molar-refractivity contribution is 7.20. The first-order valence-electron chi connectivity index (χ1n) is 14.9. The molecule has 1 aliphatic rings. The minimum absolute atomic E-state index is 0.0312. The highest BCUT2D eigenvalue weighted by Crippen LogP contribution is 2.43. The van der Waals surface area contributed by atoms with E-state index >= 15 is 0 Å². The fourth-order valence-corrected chi connectivity index (χ4v) is 7.41. The molecule has 1 saturated heterocycles. The van der Waals surface area contributed by atoms with Crippen molar-refractivity contribution in [1.82, 2.24) is 19.9 Å². The van der Waals surface area contributed by atoms with E-state index in [9.17, 15) is 33.1 Å². The highest BCUT2D eigenvalue weighted by atomic mass is 35.5. The van der Waals surface area contributed by atoms with Crippen LogP contribution in [0.25, 0.3) is 32.2 Å². The number of carboxylic acid groups (broad SMARTS) is 1. The van der Waals surface area contributed by atoms with Gasteiger partial charge in [0.1, 0.15) is 24.3 Å². The number of ether oxygens (including phenoxy) is 1. The van der Waals surface area contributed by atoms with Crippen molar-refractivity contribution in [2.45, 2.75) is 33.5 Å². The van der Waals surface area contributed by atoms with Crippen LogP contribution >= 0.6 is 22.9 Å². The first kappa shape index (κ1) is 33.2. The molecule has 1 fully saturated rings. The number of rotatable bonds is 7. The predicted octanol–water partition coefficient (Wildman–Crippen LogP) is 6.33. The summed E-state index contributed by atoms with van der Waals surface area (Å²) in [6.07, 6.45) is -4.77. The van der Waals surface area contributed by atoms with Crippen molar-refractivity contribution >= 4 is 55.7 Å². The van der Waals surface area contributed by atoms with Gasteiger partial charge < -0.3 is 20.1 Å². The quantitative estimate of drug-likeness (QED) is 0.200. The number of thiophene rings is 1. The Kier molecular flexibility index (Phi) is 8.80. The summed E-state index contributed by atoms with van der Waals surface area (Å²) in [5, 5.41) is 23.3. The van der Waals surface area contributed by atoms with Gasteiger partial charge in [-0.05, 0) is 51.1 Å². The minimum atomic E-state index is -4.77. The Labute approximate surface area is 281 Å². The lowest BCUT2D eigenvalue weighted by Gasteiger charge is -2.32. The molecule has 0 spiro atoms. The Morgan fingerprint density at radius 3 is 2.54 bits per heavy atom. The van der Waals surface area contributed by atoms with Gasteiger partial charge in [0.25, 0.3) is 5.56 Å². The lowest BCUT2D eigenvalue weighted by atomic mass is 10.00. The van der Waals surface area contributed by atoms with E-state index < -0.39 is 23.3 Å². The number of nitrogens with zero attached hydrogens (tertiary/aromatic N) is 5. The summed E-state index contributed by atoms with van der Waals surface area (Å²) in [6.45, 7) is 6.23. The number of aryl methyl sites for hydroxylation is 3. The Bertz CT molecular complexity index is 2220. The first-order valence-corrected chi connectivity index (χ1v) is 16.1. The van der Waals surface area contributed by atoms with E-state index in [2.05, 4.69) is 15.3 Å². The van der Waals surface area contributed by atoms with Gasteiger partial charge in [0.05, 0.1) is 50.0 Å². The predicted molar refractivity (Wildman–Crippen MR) is 178 cm³/mol. The first-order chi connectivity index (χ1) is 22.8. The largest absolute Gasteiger partial charge is 0.491 e. The summed E-state index contributed by atoms with van der Waals surface area (Å²) in [7, 11) is 0. The second-order valence-electron chi connectivity index (χ2n) is 11.3. The van der Waals surface area contributed by atoms with Crippen molar-refractivity contribution in [3.8, 4) is 22.9 Å². The molecular formula is C33H28ClF3N6O4S. The van der Waals surface area contributed by atoms with Crippen LogP contribution in [-0.4, -0.2) is 58.4 Å². The monoisotopic (exact) mass is 696 g/mol. The van der Waals surface area contributed by atoms with Crippen LogP contribution in [0.4, 0.5) is 18.9 Å². The van der Waals surface area contributed by atoms with Gasteiger partial charge >= 0.3 is 12.1 Å². The molecule has 5 aromatic rings. The summed E-state index contributed by atoms with van der Waals surface area (Å²) >= 11 is 7.68. The number of pyridine rings is 1. The molecular weight excluding hydrogens is 669 g/mol. The number of nitrogens with one attached hydrogen (secondary N) is 1. The number of carbonyl (C=O) groups is 1. The number of alkyl halides is 3. The Hall–Kier alpha value is -4.71. The fourth-order valence-electron chi connectivity index (χ4n) is 6.13. The van der Waals surface area contributed by atoms with Crippen molar-refractivity contribution in [2.24, 2.45) is 0 Å². The average molecular weight is 697 g/mol. The molecule has 3 aromatic heterocycles. The normalized spacial score (nSPS) is 13.7. The molecule has 0 saturated carbocycles. The molecule has 248 valence electrons. The van der Waals surface area contributed by atoms with Gasteiger partial charge in [-0.15, -0.1) is 11.3 Å². The molecule has 4 heterocycles. The molecule has 2 N–H and O–H groups in total. The zero-order valence-corrected chi connectivity index (χ0v) is 27.5. The molecule has 0 unspecified atom stereocenters. The zero-order chi connectivity index (χ0) is 34.5. The van der Waals surface area contributed by atoms with Crippen molar-refractivity contribution in [2.75, 3.05) is 37.7 Å². The summed E-state index contributed by atoms with van der Waals surface area (Å²) in [4.78, 5) is 36.8. The van der Waals surface area contributed by atoms with Gasteiger partial charge in [-0.1, -0.05) is 11.6 Å². The van der Waals surface area contributed by atoms with Crippen LogP contribution in [0.3, 0.4) is 0 Å². The van der Waals surface area contributed by atoms with Crippen LogP contribution in [0.1, 0.15) is 37.9 Å². The highest BCUT2D eigenvalue weighted by Gasteiger charge is 2.38. The molecule has 6 rings (SSSR count). The summed E-state index contributed by atoms with van der Waals surface area (Å²) in [5.41, 5.74) is -0.202. The molecule has 0 amide bonds. The fraction of sp³-hybridized carbons (Fsp3) is 0.303. The van der Waals surface area contributed by atoms with E-state index in [0.717, 1.165) is 6.07 Å².